The average molecular weight is 112 g/mol. The van der Waals surface area contributed by atoms with Crippen molar-refractivity contribution in [1.29, 1.82) is 0 Å². The van der Waals surface area contributed by atoms with E-state index in [1.165, 1.54) is 0 Å². The molecule has 2 atom stereocenters. The highest BCUT2D eigenvalue weighted by Crippen LogP contribution is 2.19. The van der Waals surface area contributed by atoms with E-state index in [1.54, 1.807) is 0 Å². The van der Waals surface area contributed by atoms with Gasteiger partial charge in [-0.2, -0.15) is 0 Å². The monoisotopic (exact) mass is 112 g/mol. The molecule has 8 heavy (non-hydrogen) atoms. The summed E-state index contributed by atoms with van der Waals surface area (Å²) in [6.07, 6.45) is 5.93. The Morgan fingerprint density at radius 1 is 1.62 bits per heavy atom. The third-order valence-electron chi connectivity index (χ3n) is 1.67. The smallest absolute Gasteiger partial charge is 0.0726 e. The lowest BCUT2D eigenvalue weighted by atomic mass is 10.1. The molecule has 1 aliphatic carbocycles. The average Bonchev–Trinajstić information content (AvgIpc) is 2.14. The number of allylic oxidation sites excluding steroid dienone is 1. The van der Waals surface area contributed by atoms with Crippen molar-refractivity contribution < 1.29 is 5.11 Å². The first kappa shape index (κ1) is 5.83. The van der Waals surface area contributed by atoms with E-state index in [2.05, 4.69) is 13.0 Å². The minimum atomic E-state index is -0.153. The zero-order valence-electron chi connectivity index (χ0n) is 5.17. The molecule has 1 rings (SSSR count). The van der Waals surface area contributed by atoms with Gasteiger partial charge in [-0.25, -0.2) is 0 Å². The zero-order valence-corrected chi connectivity index (χ0v) is 5.17. The summed E-state index contributed by atoms with van der Waals surface area (Å²) in [6.45, 7) is 2.15. The molecule has 0 aliphatic heterocycles. The third kappa shape index (κ3) is 1.10. The maximum absolute atomic E-state index is 8.94. The molecule has 0 bridgehead atoms. The van der Waals surface area contributed by atoms with Crippen LogP contribution in [0.4, 0.5) is 0 Å². The Morgan fingerprint density at radius 2 is 2.38 bits per heavy atom. The van der Waals surface area contributed by atoms with Gasteiger partial charge in [0, 0.05) is 0 Å². The van der Waals surface area contributed by atoms with Crippen LogP contribution >= 0.6 is 0 Å². The highest BCUT2D eigenvalue weighted by molar-refractivity contribution is 5.01. The first-order valence-corrected chi connectivity index (χ1v) is 3.19. The molecule has 46 valence electrons. The van der Waals surface area contributed by atoms with Crippen molar-refractivity contribution in [2.24, 2.45) is 5.92 Å². The van der Waals surface area contributed by atoms with Crippen LogP contribution < -0.4 is 0 Å². The van der Waals surface area contributed by atoms with Crippen molar-refractivity contribution in [2.75, 3.05) is 0 Å². The van der Waals surface area contributed by atoms with Gasteiger partial charge in [0.2, 0.25) is 0 Å². The van der Waals surface area contributed by atoms with Gasteiger partial charge in [0.25, 0.3) is 0 Å². The summed E-state index contributed by atoms with van der Waals surface area (Å²) >= 11 is 0. The van der Waals surface area contributed by atoms with E-state index in [0.29, 0.717) is 5.92 Å². The quantitative estimate of drug-likeness (QED) is 0.507. The molecule has 0 spiro atoms. The van der Waals surface area contributed by atoms with Gasteiger partial charge in [-0.15, -0.1) is 0 Å². The highest BCUT2D eigenvalue weighted by atomic mass is 16.3. The van der Waals surface area contributed by atoms with Crippen molar-refractivity contribution >= 4 is 0 Å². The molecule has 0 unspecified atom stereocenters. The normalized spacial score (nSPS) is 36.2. The van der Waals surface area contributed by atoms with Gasteiger partial charge >= 0.3 is 0 Å². The second-order valence-electron chi connectivity index (χ2n) is 2.36. The lowest BCUT2D eigenvalue weighted by Gasteiger charge is -2.01. The summed E-state index contributed by atoms with van der Waals surface area (Å²) in [5.41, 5.74) is 0. The Bertz CT molecular complexity index is 96.6. The van der Waals surface area contributed by atoms with Crippen LogP contribution in [0.3, 0.4) is 0 Å². The molecule has 0 aromatic carbocycles. The van der Waals surface area contributed by atoms with Gasteiger partial charge in [-0.3, -0.25) is 0 Å². The lowest BCUT2D eigenvalue weighted by Crippen LogP contribution is -1.99. The maximum atomic E-state index is 8.94. The summed E-state index contributed by atoms with van der Waals surface area (Å²) in [7, 11) is 0. The van der Waals surface area contributed by atoms with Crippen LogP contribution in [0.15, 0.2) is 12.2 Å². The third-order valence-corrected chi connectivity index (χ3v) is 1.67. The van der Waals surface area contributed by atoms with Gasteiger partial charge < -0.3 is 5.11 Å². The fourth-order valence-corrected chi connectivity index (χ4v) is 1.06. The number of hydrogen-bond donors (Lipinski definition) is 1. The first-order chi connectivity index (χ1) is 3.83. The number of aliphatic hydroxyl groups is 1. The molecular weight excluding hydrogens is 100 g/mol. The molecule has 1 heteroatoms. The molecule has 1 N–H and O–H groups in total. The van der Waals surface area contributed by atoms with Crippen molar-refractivity contribution in [2.45, 2.75) is 25.9 Å². The van der Waals surface area contributed by atoms with Crippen molar-refractivity contribution in [3.8, 4) is 0 Å². The second-order valence-corrected chi connectivity index (χ2v) is 2.36. The van der Waals surface area contributed by atoms with Gasteiger partial charge in [-0.1, -0.05) is 19.1 Å². The minimum Gasteiger partial charge on any atom is -0.389 e. The SMILES string of the molecule is CC[C@H]1C=C[C@H](O)C1. The Hall–Kier alpha value is -0.300. The molecule has 0 amide bonds. The Balaban J connectivity index is 2.34. The number of rotatable bonds is 1. The predicted octanol–water partition coefficient (Wildman–Crippen LogP) is 1.33. The van der Waals surface area contributed by atoms with E-state index >= 15 is 0 Å². The van der Waals surface area contributed by atoms with Crippen LogP contribution in [0.2, 0.25) is 0 Å². The Kier molecular flexibility index (Phi) is 1.69. The van der Waals surface area contributed by atoms with E-state index in [0.717, 1.165) is 12.8 Å². The van der Waals surface area contributed by atoms with E-state index in [-0.39, 0.29) is 6.10 Å². The molecule has 0 radical (unpaired) electrons. The topological polar surface area (TPSA) is 20.2 Å². The fourth-order valence-electron chi connectivity index (χ4n) is 1.06. The van der Waals surface area contributed by atoms with Gasteiger partial charge in [0.05, 0.1) is 6.10 Å². The summed E-state index contributed by atoms with van der Waals surface area (Å²) in [4.78, 5) is 0. The fraction of sp³-hybridized carbons (Fsp3) is 0.714. The number of aliphatic hydroxyl groups excluding tert-OH is 1. The van der Waals surface area contributed by atoms with Crippen LogP contribution in [-0.2, 0) is 0 Å². The van der Waals surface area contributed by atoms with E-state index in [9.17, 15) is 0 Å². The van der Waals surface area contributed by atoms with Crippen LogP contribution in [0.5, 0.6) is 0 Å². The van der Waals surface area contributed by atoms with E-state index in [4.69, 9.17) is 5.11 Å². The minimum absolute atomic E-state index is 0.153. The van der Waals surface area contributed by atoms with Crippen LogP contribution in [-0.4, -0.2) is 11.2 Å². The lowest BCUT2D eigenvalue weighted by molar-refractivity contribution is 0.209. The first-order valence-electron chi connectivity index (χ1n) is 3.19. The molecule has 0 aromatic heterocycles. The summed E-state index contributed by atoms with van der Waals surface area (Å²) < 4.78 is 0. The van der Waals surface area contributed by atoms with Gasteiger partial charge in [0.1, 0.15) is 0 Å². The Labute approximate surface area is 50.0 Å². The zero-order chi connectivity index (χ0) is 5.98. The number of hydrogen-bond acceptors (Lipinski definition) is 1. The summed E-state index contributed by atoms with van der Waals surface area (Å²) in [5.74, 6) is 0.644. The molecule has 0 saturated carbocycles. The standard InChI is InChI=1S/C7H12O/c1-2-6-3-4-7(8)5-6/h3-4,6-8H,2,5H2,1H3/t6-,7-/m0/s1. The molecule has 1 nitrogen and oxygen atoms in total. The van der Waals surface area contributed by atoms with Crippen LogP contribution in [0, 0.1) is 5.92 Å². The second kappa shape index (κ2) is 2.31. The van der Waals surface area contributed by atoms with Gasteiger partial charge in [-0.05, 0) is 18.8 Å². The van der Waals surface area contributed by atoms with Crippen molar-refractivity contribution in [3.05, 3.63) is 12.2 Å². The van der Waals surface area contributed by atoms with Gasteiger partial charge in [0.15, 0.2) is 0 Å². The van der Waals surface area contributed by atoms with E-state index < -0.39 is 0 Å². The van der Waals surface area contributed by atoms with Crippen LogP contribution in [0.1, 0.15) is 19.8 Å². The Morgan fingerprint density at radius 3 is 2.62 bits per heavy atom. The predicted molar refractivity (Wildman–Crippen MR) is 33.5 cm³/mol. The molecule has 0 fully saturated rings. The molecule has 0 heterocycles. The largest absolute Gasteiger partial charge is 0.389 e. The molecule has 0 aromatic rings. The van der Waals surface area contributed by atoms with Crippen LogP contribution in [0.25, 0.3) is 0 Å². The highest BCUT2D eigenvalue weighted by Gasteiger charge is 2.13. The van der Waals surface area contributed by atoms with E-state index in [1.807, 2.05) is 6.08 Å². The van der Waals surface area contributed by atoms with Crippen molar-refractivity contribution in [1.82, 2.24) is 0 Å². The molecule has 0 saturated heterocycles. The summed E-state index contributed by atoms with van der Waals surface area (Å²) in [6, 6.07) is 0. The molecule has 1 aliphatic rings. The summed E-state index contributed by atoms with van der Waals surface area (Å²) in [5, 5.41) is 8.94. The maximum Gasteiger partial charge on any atom is 0.0726 e. The van der Waals surface area contributed by atoms with Crippen molar-refractivity contribution in [3.63, 3.8) is 0 Å². The molecular formula is C7H12O.